The Hall–Kier alpha value is -3.00. The van der Waals surface area contributed by atoms with Gasteiger partial charge in [-0.05, 0) is 36.2 Å². The third-order valence-electron chi connectivity index (χ3n) is 4.03. The second kappa shape index (κ2) is 8.13. The third-order valence-corrected chi connectivity index (χ3v) is 5.09. The highest BCUT2D eigenvalue weighted by Gasteiger charge is 2.23. The number of ether oxygens (including phenoxy) is 2. The Morgan fingerprint density at radius 1 is 1.22 bits per heavy atom. The molecule has 0 aliphatic rings. The smallest absolute Gasteiger partial charge is 0.319 e. The minimum absolute atomic E-state index is 0.331. The number of para-hydroxylation sites is 1. The molecule has 1 aromatic heterocycles. The van der Waals surface area contributed by atoms with E-state index in [1.165, 1.54) is 18.9 Å². The largest absolute Gasteiger partial charge is 0.497 e. The summed E-state index contributed by atoms with van der Waals surface area (Å²) in [7, 11) is 2.95. The molecule has 0 radical (unpaired) electrons. The Morgan fingerprint density at radius 3 is 2.70 bits per heavy atom. The maximum absolute atomic E-state index is 12.3. The molecule has 27 heavy (non-hydrogen) atoms. The Morgan fingerprint density at radius 2 is 2.00 bits per heavy atom. The highest BCUT2D eigenvalue weighted by Crippen LogP contribution is 2.28. The minimum atomic E-state index is -0.551. The number of imidazole rings is 1. The van der Waals surface area contributed by atoms with Crippen molar-refractivity contribution in [3.05, 3.63) is 53.6 Å². The average Bonchev–Trinajstić information content (AvgIpc) is 3.09. The van der Waals surface area contributed by atoms with Crippen LogP contribution in [-0.2, 0) is 16.0 Å². The second-order valence-electron chi connectivity index (χ2n) is 5.79. The first-order chi connectivity index (χ1) is 13.0. The Labute approximate surface area is 160 Å². The number of rotatable bonds is 7. The summed E-state index contributed by atoms with van der Waals surface area (Å²) in [6.45, 7) is 0. The van der Waals surface area contributed by atoms with Gasteiger partial charge < -0.3 is 20.2 Å². The van der Waals surface area contributed by atoms with E-state index < -0.39 is 11.2 Å². The number of amides is 1. The van der Waals surface area contributed by atoms with Gasteiger partial charge in [0.1, 0.15) is 16.5 Å². The standard InChI is InChI=1S/C19H19N3O4S/c1-25-12-6-3-5-11(9-12)10-15(18(24)26-2)27-19-21-14-8-4-7-13(17(20)23)16(14)22-19/h3-9,15H,10H2,1-2H3,(H2,20,23)(H,21,22). The topological polar surface area (TPSA) is 107 Å². The molecule has 3 aromatic rings. The molecule has 0 aliphatic heterocycles. The van der Waals surface area contributed by atoms with Crippen molar-refractivity contribution in [1.82, 2.24) is 9.97 Å². The lowest BCUT2D eigenvalue weighted by molar-refractivity contribution is -0.139. The number of aromatic nitrogens is 2. The molecular formula is C19H19N3O4S. The first-order valence-electron chi connectivity index (χ1n) is 8.17. The van der Waals surface area contributed by atoms with Gasteiger partial charge in [0, 0.05) is 0 Å². The van der Waals surface area contributed by atoms with E-state index in [1.54, 1.807) is 25.3 Å². The Kier molecular flexibility index (Phi) is 5.66. The van der Waals surface area contributed by atoms with Crippen molar-refractivity contribution in [3.8, 4) is 5.75 Å². The monoisotopic (exact) mass is 385 g/mol. The molecule has 2 aromatic carbocycles. The van der Waals surface area contributed by atoms with Crippen LogP contribution in [0.25, 0.3) is 11.0 Å². The molecule has 7 nitrogen and oxygen atoms in total. The quantitative estimate of drug-likeness (QED) is 0.478. The van der Waals surface area contributed by atoms with E-state index in [-0.39, 0.29) is 5.97 Å². The number of nitrogens with two attached hydrogens (primary N) is 1. The van der Waals surface area contributed by atoms with E-state index >= 15 is 0 Å². The summed E-state index contributed by atoms with van der Waals surface area (Å²) < 4.78 is 10.2. The minimum Gasteiger partial charge on any atom is -0.497 e. The van der Waals surface area contributed by atoms with Crippen molar-refractivity contribution in [2.75, 3.05) is 14.2 Å². The van der Waals surface area contributed by atoms with Crippen molar-refractivity contribution in [3.63, 3.8) is 0 Å². The number of carbonyl (C=O) groups excluding carboxylic acids is 2. The van der Waals surface area contributed by atoms with Crippen LogP contribution >= 0.6 is 11.8 Å². The predicted octanol–water partition coefficient (Wildman–Crippen LogP) is 2.55. The van der Waals surface area contributed by atoms with Gasteiger partial charge in [-0.2, -0.15) is 0 Å². The van der Waals surface area contributed by atoms with Crippen molar-refractivity contribution < 1.29 is 19.1 Å². The molecule has 8 heteroatoms. The van der Waals surface area contributed by atoms with E-state index in [0.717, 1.165) is 11.3 Å². The Bertz CT molecular complexity index is 986. The summed E-state index contributed by atoms with van der Waals surface area (Å²) in [6.07, 6.45) is 0.439. The fraction of sp³-hybridized carbons (Fsp3) is 0.211. The number of benzene rings is 2. The van der Waals surface area contributed by atoms with Crippen LogP contribution in [0.5, 0.6) is 5.75 Å². The number of nitrogens with one attached hydrogen (secondary N) is 1. The van der Waals surface area contributed by atoms with Gasteiger partial charge in [0.15, 0.2) is 5.16 Å². The summed E-state index contributed by atoms with van der Waals surface area (Å²) in [5, 5.41) is -0.00306. The third kappa shape index (κ3) is 4.22. The van der Waals surface area contributed by atoms with Crippen LogP contribution in [0.2, 0.25) is 0 Å². The molecule has 0 bridgehead atoms. The summed E-state index contributed by atoms with van der Waals surface area (Å²) in [4.78, 5) is 31.4. The zero-order valence-electron chi connectivity index (χ0n) is 14.9. The van der Waals surface area contributed by atoms with Crippen LogP contribution in [0.4, 0.5) is 0 Å². The van der Waals surface area contributed by atoms with Crippen LogP contribution in [0.1, 0.15) is 15.9 Å². The summed E-state index contributed by atoms with van der Waals surface area (Å²) in [5.41, 5.74) is 7.84. The van der Waals surface area contributed by atoms with Gasteiger partial charge in [0.05, 0.1) is 25.3 Å². The number of thioether (sulfide) groups is 1. The number of aromatic amines is 1. The molecule has 1 heterocycles. The molecule has 0 fully saturated rings. The fourth-order valence-corrected chi connectivity index (χ4v) is 3.77. The first-order valence-corrected chi connectivity index (χ1v) is 9.05. The molecule has 0 spiro atoms. The molecule has 140 valence electrons. The SMILES string of the molecule is COC(=O)C(Cc1cccc(OC)c1)Sc1nc2c(C(N)=O)cccc2[nH]1. The lowest BCUT2D eigenvalue weighted by atomic mass is 10.1. The van der Waals surface area contributed by atoms with Crippen molar-refractivity contribution in [2.45, 2.75) is 16.8 Å². The van der Waals surface area contributed by atoms with Gasteiger partial charge in [-0.25, -0.2) is 4.98 Å². The second-order valence-corrected chi connectivity index (χ2v) is 6.98. The molecule has 3 N–H and O–H groups in total. The molecule has 1 amide bonds. The lowest BCUT2D eigenvalue weighted by Crippen LogP contribution is -2.21. The van der Waals surface area contributed by atoms with Gasteiger partial charge in [-0.3, -0.25) is 9.59 Å². The molecule has 1 unspecified atom stereocenters. The highest BCUT2D eigenvalue weighted by molar-refractivity contribution is 8.00. The lowest BCUT2D eigenvalue weighted by Gasteiger charge is -2.13. The Balaban J connectivity index is 1.88. The van der Waals surface area contributed by atoms with Gasteiger partial charge in [0.25, 0.3) is 5.91 Å². The molecular weight excluding hydrogens is 366 g/mol. The number of primary amides is 1. The van der Waals surface area contributed by atoms with Crippen molar-refractivity contribution in [1.29, 1.82) is 0 Å². The number of hydrogen-bond acceptors (Lipinski definition) is 6. The summed E-state index contributed by atoms with van der Waals surface area (Å²) in [5.74, 6) is -0.195. The molecule has 0 saturated heterocycles. The highest BCUT2D eigenvalue weighted by atomic mass is 32.2. The van der Waals surface area contributed by atoms with Gasteiger partial charge in [-0.1, -0.05) is 30.0 Å². The van der Waals surface area contributed by atoms with Crippen molar-refractivity contribution in [2.24, 2.45) is 5.73 Å². The van der Waals surface area contributed by atoms with E-state index in [2.05, 4.69) is 9.97 Å². The van der Waals surface area contributed by atoms with Crippen molar-refractivity contribution >= 4 is 34.7 Å². The van der Waals surface area contributed by atoms with Crippen LogP contribution in [0, 0.1) is 0 Å². The van der Waals surface area contributed by atoms with E-state index in [9.17, 15) is 9.59 Å². The number of nitrogens with zero attached hydrogens (tertiary/aromatic N) is 1. The van der Waals surface area contributed by atoms with E-state index in [4.69, 9.17) is 15.2 Å². The van der Waals surface area contributed by atoms with Gasteiger partial charge in [-0.15, -0.1) is 0 Å². The molecule has 0 aliphatic carbocycles. The normalized spacial score (nSPS) is 11.9. The number of fused-ring (bicyclic) bond motifs is 1. The van der Waals surface area contributed by atoms with E-state index in [1.807, 2.05) is 24.3 Å². The molecule has 0 saturated carbocycles. The van der Waals surface area contributed by atoms with E-state index in [0.29, 0.717) is 28.2 Å². The van der Waals surface area contributed by atoms with Crippen LogP contribution in [0.15, 0.2) is 47.6 Å². The number of esters is 1. The fourth-order valence-electron chi connectivity index (χ4n) is 2.72. The van der Waals surface area contributed by atoms with Crippen LogP contribution in [0.3, 0.4) is 0 Å². The number of carbonyl (C=O) groups is 2. The van der Waals surface area contributed by atoms with Gasteiger partial charge >= 0.3 is 5.97 Å². The van der Waals surface area contributed by atoms with Crippen LogP contribution in [-0.4, -0.2) is 41.3 Å². The maximum Gasteiger partial charge on any atom is 0.319 e. The number of methoxy groups -OCH3 is 2. The van der Waals surface area contributed by atoms with Gasteiger partial charge in [0.2, 0.25) is 0 Å². The van der Waals surface area contributed by atoms with Crippen LogP contribution < -0.4 is 10.5 Å². The molecule has 3 rings (SSSR count). The first kappa shape index (κ1) is 18.8. The zero-order chi connectivity index (χ0) is 19.4. The zero-order valence-corrected chi connectivity index (χ0v) is 15.7. The summed E-state index contributed by atoms with van der Waals surface area (Å²) in [6, 6.07) is 12.6. The maximum atomic E-state index is 12.3. The number of hydrogen-bond donors (Lipinski definition) is 2. The average molecular weight is 385 g/mol. The number of H-pyrrole nitrogens is 1. The summed E-state index contributed by atoms with van der Waals surface area (Å²) >= 11 is 1.24. The predicted molar refractivity (Wildman–Crippen MR) is 103 cm³/mol. The molecule has 1 atom stereocenters.